The molecule has 0 radical (unpaired) electrons. The highest BCUT2D eigenvalue weighted by molar-refractivity contribution is 7.14. The maximum Gasteiger partial charge on any atom is 0.338 e. The lowest BCUT2D eigenvalue weighted by atomic mass is 10.1. The first-order valence-electron chi connectivity index (χ1n) is 11.7. The fourth-order valence-corrected chi connectivity index (χ4v) is 4.76. The van der Waals surface area contributed by atoms with Gasteiger partial charge in [0.1, 0.15) is 27.3 Å². The molecule has 1 aliphatic rings. The minimum Gasteiger partial charge on any atom is -0.478 e. The van der Waals surface area contributed by atoms with Crippen LogP contribution in [-0.2, 0) is 6.54 Å². The van der Waals surface area contributed by atoms with Gasteiger partial charge in [-0.25, -0.2) is 14.0 Å². The normalized spacial score (nSPS) is 14.1. The van der Waals surface area contributed by atoms with E-state index in [1.807, 2.05) is 32.9 Å². The summed E-state index contributed by atoms with van der Waals surface area (Å²) < 4.78 is 20.6. The molecule has 190 valence electrons. The van der Waals surface area contributed by atoms with Gasteiger partial charge in [-0.1, -0.05) is 25.2 Å². The predicted octanol–water partition coefficient (Wildman–Crippen LogP) is 5.99. The van der Waals surface area contributed by atoms with Crippen molar-refractivity contribution in [3.05, 3.63) is 58.3 Å². The summed E-state index contributed by atoms with van der Waals surface area (Å²) in [5.41, 5.74) is 0.428. The van der Waals surface area contributed by atoms with Crippen LogP contribution in [0.2, 0.25) is 0 Å². The smallest absolute Gasteiger partial charge is 0.338 e. The highest BCUT2D eigenvalue weighted by atomic mass is 32.1. The van der Waals surface area contributed by atoms with Gasteiger partial charge in [-0.2, -0.15) is 0 Å². The summed E-state index contributed by atoms with van der Waals surface area (Å²) in [6, 6.07) is 9.30. The van der Waals surface area contributed by atoms with E-state index in [0.717, 1.165) is 21.6 Å². The Bertz CT molecular complexity index is 1280. The Hall–Kier alpha value is -3.53. The largest absolute Gasteiger partial charge is 0.478 e. The lowest BCUT2D eigenvalue weighted by Gasteiger charge is -2.31. The van der Waals surface area contributed by atoms with Crippen molar-refractivity contribution in [3.63, 3.8) is 0 Å². The number of carboxylic acid groups (broad SMARTS) is 1. The third-order valence-electron chi connectivity index (χ3n) is 5.91. The molecule has 0 atom stereocenters. The first-order valence-corrected chi connectivity index (χ1v) is 12.5. The Morgan fingerprint density at radius 3 is 2.42 bits per heavy atom. The average molecular weight is 513 g/mol. The highest BCUT2D eigenvalue weighted by Crippen LogP contribution is 2.33. The number of aromatic nitrogens is 2. The highest BCUT2D eigenvalue weighted by Gasteiger charge is 2.36. The van der Waals surface area contributed by atoms with E-state index in [-0.39, 0.29) is 29.8 Å². The van der Waals surface area contributed by atoms with E-state index in [0.29, 0.717) is 24.4 Å². The second kappa shape index (κ2) is 9.85. The number of carboxylic acids is 1. The molecule has 10 heteroatoms. The zero-order valence-corrected chi connectivity index (χ0v) is 21.7. The SMILES string of the molecule is CC(C)c1nnc(-c2ccc(Oc3cc(C(=O)O)c(F)cc3CN3CCN(C(C)(C)C)C3=O)cc2)s1. The third kappa shape index (κ3) is 5.33. The molecule has 1 fully saturated rings. The Kier molecular flexibility index (Phi) is 6.99. The molecule has 0 unspecified atom stereocenters. The van der Waals surface area contributed by atoms with Crippen LogP contribution in [0.5, 0.6) is 11.5 Å². The zero-order valence-electron chi connectivity index (χ0n) is 20.9. The van der Waals surface area contributed by atoms with Crippen LogP contribution in [0.4, 0.5) is 9.18 Å². The number of benzene rings is 2. The summed E-state index contributed by atoms with van der Waals surface area (Å²) in [4.78, 5) is 27.8. The van der Waals surface area contributed by atoms with Crippen molar-refractivity contribution in [1.29, 1.82) is 0 Å². The molecule has 1 N–H and O–H groups in total. The van der Waals surface area contributed by atoms with Crippen molar-refractivity contribution < 1.29 is 23.8 Å². The molecule has 0 aliphatic carbocycles. The molecular weight excluding hydrogens is 483 g/mol. The summed E-state index contributed by atoms with van der Waals surface area (Å²) in [6.45, 7) is 11.1. The minimum atomic E-state index is -1.40. The number of hydrogen-bond acceptors (Lipinski definition) is 6. The number of nitrogens with zero attached hydrogens (tertiary/aromatic N) is 4. The van der Waals surface area contributed by atoms with Crippen LogP contribution < -0.4 is 4.74 Å². The van der Waals surface area contributed by atoms with Crippen molar-refractivity contribution in [3.8, 4) is 22.1 Å². The number of carbonyl (C=O) groups is 2. The number of carbonyl (C=O) groups excluding carboxylic acids is 1. The second-order valence-corrected chi connectivity index (χ2v) is 11.0. The first kappa shape index (κ1) is 25.6. The molecular formula is C26H29FN4O4S. The molecule has 3 aromatic rings. The zero-order chi connectivity index (χ0) is 26.2. The molecule has 2 aromatic carbocycles. The predicted molar refractivity (Wildman–Crippen MR) is 135 cm³/mol. The third-order valence-corrected chi connectivity index (χ3v) is 7.18. The molecule has 1 aromatic heterocycles. The van der Waals surface area contributed by atoms with E-state index in [2.05, 4.69) is 24.0 Å². The number of aromatic carboxylic acids is 1. The van der Waals surface area contributed by atoms with E-state index >= 15 is 0 Å². The summed E-state index contributed by atoms with van der Waals surface area (Å²) in [7, 11) is 0. The van der Waals surface area contributed by atoms with Crippen LogP contribution in [0.15, 0.2) is 36.4 Å². The maximum absolute atomic E-state index is 14.6. The van der Waals surface area contributed by atoms with Crippen LogP contribution in [-0.4, -0.2) is 55.7 Å². The molecule has 8 nitrogen and oxygen atoms in total. The van der Waals surface area contributed by atoms with E-state index in [1.54, 1.807) is 21.9 Å². The van der Waals surface area contributed by atoms with Gasteiger partial charge < -0.3 is 19.6 Å². The van der Waals surface area contributed by atoms with Gasteiger partial charge in [-0.3, -0.25) is 0 Å². The number of urea groups is 1. The summed E-state index contributed by atoms with van der Waals surface area (Å²) in [6.07, 6.45) is 0. The summed E-state index contributed by atoms with van der Waals surface area (Å²) in [5, 5.41) is 19.6. The Morgan fingerprint density at radius 1 is 1.17 bits per heavy atom. The lowest BCUT2D eigenvalue weighted by molar-refractivity contribution is 0.0691. The van der Waals surface area contributed by atoms with Gasteiger partial charge in [0.2, 0.25) is 0 Å². The molecule has 36 heavy (non-hydrogen) atoms. The van der Waals surface area contributed by atoms with Gasteiger partial charge in [0, 0.05) is 35.7 Å². The Morgan fingerprint density at radius 2 is 1.86 bits per heavy atom. The van der Waals surface area contributed by atoms with Crippen LogP contribution in [0.1, 0.15) is 61.5 Å². The fourth-order valence-electron chi connectivity index (χ4n) is 3.91. The number of hydrogen-bond donors (Lipinski definition) is 1. The van der Waals surface area contributed by atoms with Gasteiger partial charge in [0.15, 0.2) is 0 Å². The fraction of sp³-hybridized carbons (Fsp3) is 0.385. The van der Waals surface area contributed by atoms with E-state index in [9.17, 15) is 19.1 Å². The van der Waals surface area contributed by atoms with Crippen molar-refractivity contribution >= 4 is 23.3 Å². The quantitative estimate of drug-likeness (QED) is 0.418. The molecule has 1 saturated heterocycles. The molecule has 0 saturated carbocycles. The number of halogens is 1. The van der Waals surface area contributed by atoms with Gasteiger partial charge in [-0.15, -0.1) is 10.2 Å². The first-order chi connectivity index (χ1) is 16.9. The Labute approximate surface area is 213 Å². The molecule has 2 heterocycles. The van der Waals surface area contributed by atoms with Crippen LogP contribution >= 0.6 is 11.3 Å². The summed E-state index contributed by atoms with van der Waals surface area (Å²) in [5.74, 6) is -1.36. The van der Waals surface area contributed by atoms with Gasteiger partial charge in [0.25, 0.3) is 0 Å². The van der Waals surface area contributed by atoms with Crippen molar-refractivity contribution in [2.75, 3.05) is 13.1 Å². The molecule has 1 aliphatic heterocycles. The second-order valence-electron chi connectivity index (χ2n) is 10.00. The van der Waals surface area contributed by atoms with Crippen molar-refractivity contribution in [2.24, 2.45) is 0 Å². The van der Waals surface area contributed by atoms with Crippen LogP contribution in [0, 0.1) is 5.82 Å². The van der Waals surface area contributed by atoms with Crippen molar-refractivity contribution in [1.82, 2.24) is 20.0 Å². The summed E-state index contributed by atoms with van der Waals surface area (Å²) >= 11 is 1.52. The Balaban J connectivity index is 1.60. The van der Waals surface area contributed by atoms with Gasteiger partial charge in [-0.05, 0) is 57.2 Å². The van der Waals surface area contributed by atoms with E-state index < -0.39 is 17.3 Å². The topological polar surface area (TPSA) is 95.9 Å². The standard InChI is InChI=1S/C26H29FN4O4S/c1-15(2)22-28-29-23(36-22)16-6-8-18(9-7-16)35-21-13-19(24(32)33)20(27)12-17(21)14-30-10-11-31(25(30)34)26(3,4)5/h6-9,12-13,15H,10-11,14H2,1-5H3,(H,32,33). The lowest BCUT2D eigenvalue weighted by Crippen LogP contribution is -2.44. The monoisotopic (exact) mass is 512 g/mol. The number of ether oxygens (including phenoxy) is 1. The van der Waals surface area contributed by atoms with Crippen LogP contribution in [0.25, 0.3) is 10.6 Å². The minimum absolute atomic E-state index is 0.0956. The number of amides is 2. The van der Waals surface area contributed by atoms with Gasteiger partial charge in [0.05, 0.1) is 12.1 Å². The average Bonchev–Trinajstić information content (AvgIpc) is 3.43. The van der Waals surface area contributed by atoms with E-state index in [4.69, 9.17) is 4.74 Å². The molecule has 2 amide bonds. The molecule has 0 spiro atoms. The van der Waals surface area contributed by atoms with Gasteiger partial charge >= 0.3 is 12.0 Å². The number of rotatable bonds is 7. The van der Waals surface area contributed by atoms with Crippen LogP contribution in [0.3, 0.4) is 0 Å². The molecule has 0 bridgehead atoms. The maximum atomic E-state index is 14.6. The van der Waals surface area contributed by atoms with Crippen molar-refractivity contribution in [2.45, 2.75) is 52.6 Å². The molecule has 4 rings (SSSR count). The van der Waals surface area contributed by atoms with E-state index in [1.165, 1.54) is 17.4 Å².